The maximum atomic E-state index is 10.4. The smallest absolute Gasteiger partial charge is 0.326 e. The molecule has 0 amide bonds. The molecule has 3 N–H and O–H groups in total. The minimum atomic E-state index is -1.18. The van der Waals surface area contributed by atoms with Crippen LogP contribution in [0.2, 0.25) is 0 Å². The van der Waals surface area contributed by atoms with Crippen LogP contribution in [0.25, 0.3) is 0 Å². The molecule has 0 unspecified atom stereocenters. The van der Waals surface area contributed by atoms with Crippen molar-refractivity contribution in [1.29, 1.82) is 0 Å². The van der Waals surface area contributed by atoms with E-state index >= 15 is 0 Å². The van der Waals surface area contributed by atoms with Crippen LogP contribution in [-0.4, -0.2) is 22.3 Å². The third-order valence-corrected chi connectivity index (χ3v) is 1.50. The summed E-state index contributed by atoms with van der Waals surface area (Å²) in [5, 5.41) is 8.55. The molecule has 0 saturated heterocycles. The molecular weight excluding hydrogens is 172 g/mol. The molecule has 13 heavy (non-hydrogen) atoms. The third kappa shape index (κ3) is 2.09. The molecule has 5 heteroatoms. The van der Waals surface area contributed by atoms with Crippen LogP contribution in [0.4, 0.5) is 0 Å². The van der Waals surface area contributed by atoms with Gasteiger partial charge in [-0.2, -0.15) is 0 Å². The van der Waals surface area contributed by atoms with E-state index in [1.165, 1.54) is 18.2 Å². The standard InChI is InChI=1S/C8H8N2O3/c9-7(8(12)13)6-3-1-2-5(4-11)10-6/h1-4,7H,9H2,(H,12,13)/t7-/m1/s1. The van der Waals surface area contributed by atoms with Crippen LogP contribution >= 0.6 is 0 Å². The molecule has 1 aromatic rings. The van der Waals surface area contributed by atoms with Gasteiger partial charge >= 0.3 is 5.97 Å². The molecule has 0 aliphatic carbocycles. The van der Waals surface area contributed by atoms with E-state index in [1.807, 2.05) is 0 Å². The Labute approximate surface area is 74.2 Å². The second-order valence-corrected chi connectivity index (χ2v) is 2.42. The number of carbonyl (C=O) groups excluding carboxylic acids is 1. The van der Waals surface area contributed by atoms with Crippen LogP contribution in [0.1, 0.15) is 22.2 Å². The van der Waals surface area contributed by atoms with Crippen molar-refractivity contribution < 1.29 is 14.7 Å². The Bertz CT molecular complexity index is 338. The number of rotatable bonds is 3. The Balaban J connectivity index is 3.01. The number of carboxylic acids is 1. The molecule has 0 aliphatic heterocycles. The summed E-state index contributed by atoms with van der Waals surface area (Å²) in [4.78, 5) is 24.5. The van der Waals surface area contributed by atoms with E-state index in [1.54, 1.807) is 0 Å². The normalized spacial score (nSPS) is 12.1. The molecule has 0 bridgehead atoms. The predicted octanol–water partition coefficient (Wildman–Crippen LogP) is -0.0215. The van der Waals surface area contributed by atoms with Gasteiger partial charge in [0, 0.05) is 0 Å². The molecule has 68 valence electrons. The zero-order valence-corrected chi connectivity index (χ0v) is 6.68. The summed E-state index contributed by atoms with van der Waals surface area (Å²) in [6.07, 6.45) is 0.540. The van der Waals surface area contributed by atoms with Crippen molar-refractivity contribution in [2.75, 3.05) is 0 Å². The number of carboxylic acid groups (broad SMARTS) is 1. The Morgan fingerprint density at radius 1 is 1.62 bits per heavy atom. The average molecular weight is 180 g/mol. The second kappa shape index (κ2) is 3.77. The number of hydrogen-bond donors (Lipinski definition) is 2. The van der Waals surface area contributed by atoms with Crippen LogP contribution in [0.5, 0.6) is 0 Å². The summed E-state index contributed by atoms with van der Waals surface area (Å²) < 4.78 is 0. The number of aldehydes is 1. The molecule has 0 fully saturated rings. The van der Waals surface area contributed by atoms with E-state index in [0.717, 1.165) is 0 Å². The zero-order valence-electron chi connectivity index (χ0n) is 6.68. The van der Waals surface area contributed by atoms with Gasteiger partial charge in [-0.15, -0.1) is 0 Å². The lowest BCUT2D eigenvalue weighted by molar-refractivity contribution is -0.138. The van der Waals surface area contributed by atoms with Crippen molar-refractivity contribution in [2.24, 2.45) is 5.73 Å². The first-order valence-corrected chi connectivity index (χ1v) is 3.55. The van der Waals surface area contributed by atoms with Crippen LogP contribution in [0.3, 0.4) is 0 Å². The first-order valence-electron chi connectivity index (χ1n) is 3.55. The number of nitrogens with two attached hydrogens (primary N) is 1. The van der Waals surface area contributed by atoms with Gasteiger partial charge in [0.05, 0.1) is 5.69 Å². The summed E-state index contributed by atoms with van der Waals surface area (Å²) >= 11 is 0. The van der Waals surface area contributed by atoms with Crippen molar-refractivity contribution in [3.8, 4) is 0 Å². The highest BCUT2D eigenvalue weighted by Gasteiger charge is 2.15. The highest BCUT2D eigenvalue weighted by Crippen LogP contribution is 2.06. The fraction of sp³-hybridized carbons (Fsp3) is 0.125. The SMILES string of the molecule is N[C@@H](C(=O)O)c1cccc(C=O)n1. The van der Waals surface area contributed by atoms with Gasteiger partial charge in [-0.1, -0.05) is 6.07 Å². The molecule has 1 atom stereocenters. The van der Waals surface area contributed by atoms with Gasteiger partial charge in [0.15, 0.2) is 6.29 Å². The molecular formula is C8H8N2O3. The van der Waals surface area contributed by atoms with Gasteiger partial charge in [-0.05, 0) is 12.1 Å². The van der Waals surface area contributed by atoms with E-state index in [9.17, 15) is 9.59 Å². The predicted molar refractivity (Wildman–Crippen MR) is 44.2 cm³/mol. The summed E-state index contributed by atoms with van der Waals surface area (Å²) in [5.41, 5.74) is 5.64. The number of carbonyl (C=O) groups is 2. The molecule has 1 rings (SSSR count). The van der Waals surface area contributed by atoms with E-state index < -0.39 is 12.0 Å². The second-order valence-electron chi connectivity index (χ2n) is 2.42. The summed E-state index contributed by atoms with van der Waals surface area (Å²) in [7, 11) is 0. The maximum absolute atomic E-state index is 10.4. The fourth-order valence-corrected chi connectivity index (χ4v) is 0.834. The first-order chi connectivity index (χ1) is 6.15. The van der Waals surface area contributed by atoms with E-state index in [2.05, 4.69) is 4.98 Å². The van der Waals surface area contributed by atoms with Gasteiger partial charge in [0.1, 0.15) is 11.7 Å². The molecule has 0 aliphatic rings. The monoisotopic (exact) mass is 180 g/mol. The van der Waals surface area contributed by atoms with Gasteiger partial charge in [0.2, 0.25) is 0 Å². The van der Waals surface area contributed by atoms with Crippen LogP contribution < -0.4 is 5.73 Å². The van der Waals surface area contributed by atoms with Gasteiger partial charge in [0.25, 0.3) is 0 Å². The number of hydrogen-bond acceptors (Lipinski definition) is 4. The van der Waals surface area contributed by atoms with Crippen LogP contribution in [-0.2, 0) is 4.79 Å². The van der Waals surface area contributed by atoms with Crippen LogP contribution in [0.15, 0.2) is 18.2 Å². The molecule has 0 radical (unpaired) electrons. The first kappa shape index (κ1) is 9.34. The van der Waals surface area contributed by atoms with E-state index in [0.29, 0.717) is 6.29 Å². The summed E-state index contributed by atoms with van der Waals surface area (Å²) in [6.45, 7) is 0. The Kier molecular flexibility index (Phi) is 2.71. The van der Waals surface area contributed by atoms with Crippen molar-refractivity contribution >= 4 is 12.3 Å². The van der Waals surface area contributed by atoms with Crippen molar-refractivity contribution in [2.45, 2.75) is 6.04 Å². The largest absolute Gasteiger partial charge is 0.480 e. The summed E-state index contributed by atoms with van der Waals surface area (Å²) in [5.74, 6) is -1.17. The average Bonchev–Trinajstić information content (AvgIpc) is 2.16. The molecule has 5 nitrogen and oxygen atoms in total. The fourth-order valence-electron chi connectivity index (χ4n) is 0.834. The minimum absolute atomic E-state index is 0.175. The van der Waals surface area contributed by atoms with Gasteiger partial charge in [-0.25, -0.2) is 4.98 Å². The topological polar surface area (TPSA) is 93.3 Å². The summed E-state index contributed by atoms with van der Waals surface area (Å²) in [6, 6.07) is 3.30. The van der Waals surface area contributed by atoms with E-state index in [-0.39, 0.29) is 11.4 Å². The molecule has 1 heterocycles. The lowest BCUT2D eigenvalue weighted by Gasteiger charge is -2.04. The Morgan fingerprint density at radius 2 is 2.31 bits per heavy atom. The maximum Gasteiger partial charge on any atom is 0.326 e. The number of aromatic nitrogens is 1. The van der Waals surface area contributed by atoms with Gasteiger partial charge < -0.3 is 10.8 Å². The minimum Gasteiger partial charge on any atom is -0.480 e. The lowest BCUT2D eigenvalue weighted by atomic mass is 10.2. The van der Waals surface area contributed by atoms with Crippen molar-refractivity contribution in [3.05, 3.63) is 29.6 Å². The third-order valence-electron chi connectivity index (χ3n) is 1.50. The van der Waals surface area contributed by atoms with Crippen LogP contribution in [0, 0.1) is 0 Å². The van der Waals surface area contributed by atoms with Gasteiger partial charge in [-0.3, -0.25) is 9.59 Å². The Hall–Kier alpha value is -1.75. The highest BCUT2D eigenvalue weighted by molar-refractivity contribution is 5.76. The zero-order chi connectivity index (χ0) is 9.84. The molecule has 0 saturated carbocycles. The highest BCUT2D eigenvalue weighted by atomic mass is 16.4. The van der Waals surface area contributed by atoms with Crippen molar-refractivity contribution in [3.63, 3.8) is 0 Å². The quantitative estimate of drug-likeness (QED) is 0.637. The Morgan fingerprint density at radius 3 is 2.85 bits per heavy atom. The molecule has 1 aromatic heterocycles. The number of pyridine rings is 1. The molecule has 0 spiro atoms. The molecule has 0 aromatic carbocycles. The number of aliphatic carboxylic acids is 1. The number of nitrogens with zero attached hydrogens (tertiary/aromatic N) is 1. The van der Waals surface area contributed by atoms with E-state index in [4.69, 9.17) is 10.8 Å². The lowest BCUT2D eigenvalue weighted by Crippen LogP contribution is -2.22. The van der Waals surface area contributed by atoms with Crippen molar-refractivity contribution in [1.82, 2.24) is 4.98 Å².